The zero-order valence-electron chi connectivity index (χ0n) is 8.44. The van der Waals surface area contributed by atoms with Crippen LogP contribution >= 0.6 is 0 Å². The number of carbonyl (C=O) groups excluding carboxylic acids is 1. The second-order valence-corrected chi connectivity index (χ2v) is 3.06. The van der Waals surface area contributed by atoms with E-state index in [2.05, 4.69) is 4.74 Å². The summed E-state index contributed by atoms with van der Waals surface area (Å²) in [6.07, 6.45) is -4.72. The largest absolute Gasteiger partial charge is 0.464 e. The van der Waals surface area contributed by atoms with Gasteiger partial charge in [0.2, 0.25) is 0 Å². The molecule has 1 aromatic heterocycles. The van der Waals surface area contributed by atoms with E-state index in [-0.39, 0.29) is 5.56 Å². The second kappa shape index (κ2) is 3.99. The second-order valence-electron chi connectivity index (χ2n) is 3.06. The summed E-state index contributed by atoms with van der Waals surface area (Å²) in [7, 11) is 0.931. The molecule has 1 rings (SSSR count). The predicted octanol–water partition coefficient (Wildman–Crippen LogP) is 1.49. The van der Waals surface area contributed by atoms with E-state index in [1.165, 1.54) is 6.92 Å². The molecule has 4 nitrogen and oxygen atoms in total. The first-order chi connectivity index (χ1) is 7.27. The van der Waals surface area contributed by atoms with Crippen molar-refractivity contribution < 1.29 is 22.7 Å². The van der Waals surface area contributed by atoms with Crippen LogP contribution in [0, 0.1) is 6.92 Å². The van der Waals surface area contributed by atoms with E-state index in [4.69, 9.17) is 0 Å². The molecule has 0 unspecified atom stereocenters. The highest BCUT2D eigenvalue weighted by Gasteiger charge is 2.36. The number of alkyl halides is 3. The van der Waals surface area contributed by atoms with Crippen molar-refractivity contribution in [3.63, 3.8) is 0 Å². The van der Waals surface area contributed by atoms with Crippen molar-refractivity contribution >= 4 is 5.97 Å². The van der Waals surface area contributed by atoms with E-state index in [1.54, 1.807) is 0 Å². The number of aromatic nitrogens is 1. The number of nitrogens with one attached hydrogen (secondary N) is 1. The normalized spacial score (nSPS) is 11.3. The fourth-order valence-electron chi connectivity index (χ4n) is 1.12. The molecule has 0 amide bonds. The van der Waals surface area contributed by atoms with Crippen molar-refractivity contribution in [1.82, 2.24) is 4.98 Å². The fourth-order valence-corrected chi connectivity index (χ4v) is 1.12. The van der Waals surface area contributed by atoms with Crippen molar-refractivity contribution in [2.24, 2.45) is 0 Å². The van der Waals surface area contributed by atoms with Crippen LogP contribution in [0.2, 0.25) is 0 Å². The molecule has 0 bridgehead atoms. The van der Waals surface area contributed by atoms with E-state index in [0.29, 0.717) is 6.07 Å². The minimum absolute atomic E-state index is 0.125. The van der Waals surface area contributed by atoms with Gasteiger partial charge in [-0.3, -0.25) is 4.79 Å². The average Bonchev–Trinajstić information content (AvgIpc) is 2.18. The van der Waals surface area contributed by atoms with Crippen molar-refractivity contribution in [2.45, 2.75) is 13.1 Å². The summed E-state index contributed by atoms with van der Waals surface area (Å²) in [5.41, 5.74) is -2.98. The molecule has 0 aliphatic rings. The zero-order valence-corrected chi connectivity index (χ0v) is 8.44. The number of hydrogen-bond donors (Lipinski definition) is 1. The van der Waals surface area contributed by atoms with Crippen LogP contribution < -0.4 is 5.56 Å². The smallest absolute Gasteiger partial charge is 0.418 e. The minimum atomic E-state index is -4.72. The van der Waals surface area contributed by atoms with Crippen LogP contribution in [0.1, 0.15) is 21.6 Å². The quantitative estimate of drug-likeness (QED) is 0.750. The first-order valence-electron chi connectivity index (χ1n) is 4.16. The third kappa shape index (κ3) is 2.23. The molecule has 0 fully saturated rings. The van der Waals surface area contributed by atoms with Crippen LogP contribution in [0.3, 0.4) is 0 Å². The summed E-state index contributed by atoms with van der Waals surface area (Å²) in [5.74, 6) is -1.23. The number of carbonyl (C=O) groups is 1. The highest BCUT2D eigenvalue weighted by Crippen LogP contribution is 2.31. The van der Waals surface area contributed by atoms with Crippen molar-refractivity contribution in [3.05, 3.63) is 33.2 Å². The van der Waals surface area contributed by atoms with Crippen LogP contribution in [-0.2, 0) is 10.9 Å². The Bertz CT molecular complexity index is 476. The molecule has 0 aromatic carbocycles. The molecular weight excluding hydrogens is 227 g/mol. The molecule has 0 saturated heterocycles. The van der Waals surface area contributed by atoms with E-state index in [0.717, 1.165) is 7.11 Å². The maximum atomic E-state index is 12.5. The topological polar surface area (TPSA) is 59.2 Å². The van der Waals surface area contributed by atoms with Gasteiger partial charge >= 0.3 is 12.1 Å². The van der Waals surface area contributed by atoms with E-state index in [1.807, 2.05) is 4.98 Å². The van der Waals surface area contributed by atoms with Gasteiger partial charge in [-0.25, -0.2) is 4.79 Å². The first kappa shape index (κ1) is 12.3. The molecule has 0 atom stereocenters. The standard InChI is InChI=1S/C9H8F3NO3/c1-4-3-5(9(10,11)12)6(8(15)16-2)13-7(4)14/h3H,1-2H3,(H,13,14). The highest BCUT2D eigenvalue weighted by molar-refractivity contribution is 5.89. The molecule has 0 radical (unpaired) electrons. The summed E-state index contributed by atoms with van der Waals surface area (Å²) in [6, 6.07) is 0.616. The number of esters is 1. The molecule has 1 N–H and O–H groups in total. The Labute approximate surface area is 88.0 Å². The summed E-state index contributed by atoms with van der Waals surface area (Å²) in [5, 5.41) is 0. The van der Waals surface area contributed by atoms with E-state index >= 15 is 0 Å². The molecule has 1 aromatic rings. The number of pyridine rings is 1. The molecule has 16 heavy (non-hydrogen) atoms. The summed E-state index contributed by atoms with van der Waals surface area (Å²) < 4.78 is 41.7. The molecule has 0 aliphatic heterocycles. The number of hydrogen-bond acceptors (Lipinski definition) is 3. The van der Waals surface area contributed by atoms with Gasteiger partial charge in [0.1, 0.15) is 5.69 Å². The Morgan fingerprint density at radius 3 is 2.44 bits per heavy atom. The number of halogens is 3. The molecule has 0 spiro atoms. The number of methoxy groups -OCH3 is 1. The number of aromatic amines is 1. The zero-order chi connectivity index (χ0) is 12.5. The molecule has 7 heteroatoms. The van der Waals surface area contributed by atoms with Gasteiger partial charge in [-0.1, -0.05) is 0 Å². The Morgan fingerprint density at radius 2 is 2.00 bits per heavy atom. The molecule has 0 aliphatic carbocycles. The van der Waals surface area contributed by atoms with Gasteiger partial charge in [0, 0.05) is 5.56 Å². The number of rotatable bonds is 1. The monoisotopic (exact) mass is 235 g/mol. The fraction of sp³-hybridized carbons (Fsp3) is 0.333. The Balaban J connectivity index is 3.52. The van der Waals surface area contributed by atoms with Gasteiger partial charge in [0.25, 0.3) is 5.56 Å². The van der Waals surface area contributed by atoms with Crippen LogP contribution in [0.5, 0.6) is 0 Å². The Hall–Kier alpha value is -1.79. The van der Waals surface area contributed by atoms with Crippen LogP contribution in [0.15, 0.2) is 10.9 Å². The van der Waals surface area contributed by atoms with Crippen molar-refractivity contribution in [2.75, 3.05) is 7.11 Å². The lowest BCUT2D eigenvalue weighted by atomic mass is 10.1. The summed E-state index contributed by atoms with van der Waals surface area (Å²) in [4.78, 5) is 24.0. The average molecular weight is 235 g/mol. The van der Waals surface area contributed by atoms with E-state index in [9.17, 15) is 22.8 Å². The van der Waals surface area contributed by atoms with Crippen LogP contribution in [0.4, 0.5) is 13.2 Å². The lowest BCUT2D eigenvalue weighted by molar-refractivity contribution is -0.138. The van der Waals surface area contributed by atoms with Crippen LogP contribution in [0.25, 0.3) is 0 Å². The minimum Gasteiger partial charge on any atom is -0.464 e. The van der Waals surface area contributed by atoms with Gasteiger partial charge < -0.3 is 9.72 Å². The van der Waals surface area contributed by atoms with Crippen molar-refractivity contribution in [1.29, 1.82) is 0 Å². The maximum Gasteiger partial charge on any atom is 0.418 e. The first-order valence-corrected chi connectivity index (χ1v) is 4.16. The van der Waals surface area contributed by atoms with Gasteiger partial charge in [-0.2, -0.15) is 13.2 Å². The van der Waals surface area contributed by atoms with E-state index < -0.39 is 29.0 Å². The van der Waals surface area contributed by atoms with Crippen LogP contribution in [-0.4, -0.2) is 18.1 Å². The summed E-state index contributed by atoms with van der Waals surface area (Å²) in [6.45, 7) is 1.22. The maximum absolute atomic E-state index is 12.5. The number of ether oxygens (including phenoxy) is 1. The van der Waals surface area contributed by atoms with Gasteiger partial charge in [0.15, 0.2) is 0 Å². The van der Waals surface area contributed by atoms with Gasteiger partial charge in [-0.05, 0) is 13.0 Å². The third-order valence-corrected chi connectivity index (χ3v) is 1.92. The van der Waals surface area contributed by atoms with Gasteiger partial charge in [0.05, 0.1) is 12.7 Å². The molecule has 88 valence electrons. The highest BCUT2D eigenvalue weighted by atomic mass is 19.4. The third-order valence-electron chi connectivity index (χ3n) is 1.92. The number of H-pyrrole nitrogens is 1. The Morgan fingerprint density at radius 1 is 1.44 bits per heavy atom. The lowest BCUT2D eigenvalue weighted by Crippen LogP contribution is -2.23. The van der Waals surface area contributed by atoms with Crippen molar-refractivity contribution in [3.8, 4) is 0 Å². The number of aryl methyl sites for hydroxylation is 1. The molecule has 0 saturated carbocycles. The Kier molecular flexibility index (Phi) is 3.06. The lowest BCUT2D eigenvalue weighted by Gasteiger charge is -2.11. The predicted molar refractivity (Wildman–Crippen MR) is 48.1 cm³/mol. The summed E-state index contributed by atoms with van der Waals surface area (Å²) >= 11 is 0. The molecular formula is C9H8F3NO3. The molecule has 1 heterocycles. The van der Waals surface area contributed by atoms with Gasteiger partial charge in [-0.15, -0.1) is 0 Å². The SMILES string of the molecule is COC(=O)c1[nH]c(=O)c(C)cc1C(F)(F)F.